The molecule has 6 heteroatoms. The van der Waals surface area contributed by atoms with Gasteiger partial charge in [0.25, 0.3) is 5.91 Å². The molecule has 0 radical (unpaired) electrons. The molecule has 1 saturated heterocycles. The molecule has 2 aromatic rings. The number of aromatic amines is 1. The molecule has 0 saturated carbocycles. The van der Waals surface area contributed by atoms with Gasteiger partial charge in [0.2, 0.25) is 0 Å². The Bertz CT molecular complexity index is 782. The van der Waals surface area contributed by atoms with Crippen molar-refractivity contribution in [1.29, 1.82) is 0 Å². The lowest BCUT2D eigenvalue weighted by molar-refractivity contribution is 0.0627. The van der Waals surface area contributed by atoms with E-state index in [1.54, 1.807) is 19.3 Å². The van der Waals surface area contributed by atoms with Crippen molar-refractivity contribution < 1.29 is 9.59 Å². The van der Waals surface area contributed by atoms with Gasteiger partial charge in [0.15, 0.2) is 5.78 Å². The van der Waals surface area contributed by atoms with Crippen molar-refractivity contribution in [3.05, 3.63) is 52.6 Å². The summed E-state index contributed by atoms with van der Waals surface area (Å²) < 4.78 is 0. The number of pyridine rings is 1. The van der Waals surface area contributed by atoms with E-state index in [-0.39, 0.29) is 17.7 Å². The fourth-order valence-electron chi connectivity index (χ4n) is 3.65. The van der Waals surface area contributed by atoms with Crippen molar-refractivity contribution in [2.75, 3.05) is 19.6 Å². The lowest BCUT2D eigenvalue weighted by Crippen LogP contribution is -2.49. The zero-order chi connectivity index (χ0) is 18.0. The molecule has 1 fully saturated rings. The molecule has 25 heavy (non-hydrogen) atoms. The smallest absolute Gasteiger partial charge is 0.271 e. The summed E-state index contributed by atoms with van der Waals surface area (Å²) in [6.07, 6.45) is 4.18. The number of ketones is 1. The number of carbonyl (C=O) groups is 2. The van der Waals surface area contributed by atoms with E-state index < -0.39 is 0 Å². The number of aromatic nitrogens is 2. The predicted octanol–water partition coefficient (Wildman–Crippen LogP) is 2.27. The molecular formula is C19H24N4O2. The van der Waals surface area contributed by atoms with E-state index in [2.05, 4.69) is 15.3 Å². The highest BCUT2D eigenvalue weighted by Gasteiger charge is 2.32. The van der Waals surface area contributed by atoms with Gasteiger partial charge < -0.3 is 15.2 Å². The van der Waals surface area contributed by atoms with Gasteiger partial charge in [-0.3, -0.25) is 14.6 Å². The summed E-state index contributed by atoms with van der Waals surface area (Å²) in [6.45, 7) is 7.44. The monoisotopic (exact) mass is 340 g/mol. The van der Waals surface area contributed by atoms with Crippen LogP contribution in [0.4, 0.5) is 0 Å². The maximum Gasteiger partial charge on any atom is 0.271 e. The van der Waals surface area contributed by atoms with Crippen LogP contribution in [0.25, 0.3) is 0 Å². The first kappa shape index (κ1) is 17.4. The Hall–Kier alpha value is -2.47. The summed E-state index contributed by atoms with van der Waals surface area (Å²) in [5.74, 6) is -0.0587. The molecule has 3 heterocycles. The van der Waals surface area contributed by atoms with E-state index in [1.807, 2.05) is 30.9 Å². The molecule has 6 nitrogen and oxygen atoms in total. The van der Waals surface area contributed by atoms with Gasteiger partial charge in [0.05, 0.1) is 6.04 Å². The SMILES string of the molecule is CCc1c(C(=O)N2CCNCC2c2cccnc2)[nH]c(C)c1C(C)=O. The van der Waals surface area contributed by atoms with Crippen molar-refractivity contribution in [2.45, 2.75) is 33.2 Å². The minimum absolute atomic E-state index is 0.00577. The van der Waals surface area contributed by atoms with E-state index in [0.717, 1.165) is 23.4 Å². The number of hydrogen-bond acceptors (Lipinski definition) is 4. The van der Waals surface area contributed by atoms with E-state index in [1.165, 1.54) is 0 Å². The Morgan fingerprint density at radius 2 is 2.20 bits per heavy atom. The molecule has 132 valence electrons. The Labute approximate surface area is 147 Å². The van der Waals surface area contributed by atoms with E-state index >= 15 is 0 Å². The molecule has 1 unspecified atom stereocenters. The van der Waals surface area contributed by atoms with Crippen LogP contribution in [-0.2, 0) is 6.42 Å². The van der Waals surface area contributed by atoms with E-state index in [0.29, 0.717) is 30.8 Å². The minimum atomic E-state index is -0.0657. The van der Waals surface area contributed by atoms with E-state index in [4.69, 9.17) is 0 Å². The summed E-state index contributed by atoms with van der Waals surface area (Å²) in [4.78, 5) is 34.5. The molecule has 1 aliphatic heterocycles. The number of H-pyrrole nitrogens is 1. The summed E-state index contributed by atoms with van der Waals surface area (Å²) >= 11 is 0. The zero-order valence-electron chi connectivity index (χ0n) is 14.9. The standard InChI is InChI=1S/C19H24N4O2/c1-4-15-17(13(3)24)12(2)22-18(15)19(25)23-9-8-21-11-16(23)14-6-5-7-20-10-14/h5-7,10,16,21-22H,4,8-9,11H2,1-3H3. The number of nitrogens with one attached hydrogen (secondary N) is 2. The molecule has 0 bridgehead atoms. The summed E-state index contributed by atoms with van der Waals surface area (Å²) in [7, 11) is 0. The first-order chi connectivity index (χ1) is 12.0. The van der Waals surface area contributed by atoms with Crippen molar-refractivity contribution in [3.63, 3.8) is 0 Å². The summed E-state index contributed by atoms with van der Waals surface area (Å²) in [5, 5.41) is 3.35. The number of rotatable bonds is 4. The minimum Gasteiger partial charge on any atom is -0.354 e. The molecular weight excluding hydrogens is 316 g/mol. The first-order valence-corrected chi connectivity index (χ1v) is 8.68. The van der Waals surface area contributed by atoms with Crippen molar-refractivity contribution in [1.82, 2.24) is 20.2 Å². The molecule has 3 rings (SSSR count). The Morgan fingerprint density at radius 3 is 2.84 bits per heavy atom. The van der Waals surface area contributed by atoms with Gasteiger partial charge in [-0.1, -0.05) is 13.0 Å². The quantitative estimate of drug-likeness (QED) is 0.837. The second kappa shape index (κ2) is 7.19. The number of aryl methyl sites for hydroxylation is 1. The van der Waals surface area contributed by atoms with Crippen molar-refractivity contribution in [2.24, 2.45) is 0 Å². The van der Waals surface area contributed by atoms with Crippen LogP contribution in [0.2, 0.25) is 0 Å². The number of Topliss-reactive ketones (excluding diaryl/α,β-unsaturated/α-hetero) is 1. The van der Waals surface area contributed by atoms with E-state index in [9.17, 15) is 9.59 Å². The van der Waals surface area contributed by atoms with Gasteiger partial charge in [-0.05, 0) is 37.5 Å². The van der Waals surface area contributed by atoms with Crippen LogP contribution in [0.3, 0.4) is 0 Å². The average molecular weight is 340 g/mol. The first-order valence-electron chi connectivity index (χ1n) is 8.68. The van der Waals surface area contributed by atoms with Crippen molar-refractivity contribution >= 4 is 11.7 Å². The molecule has 2 N–H and O–H groups in total. The van der Waals surface area contributed by atoms with Gasteiger partial charge in [0.1, 0.15) is 5.69 Å². The largest absolute Gasteiger partial charge is 0.354 e. The molecule has 0 aromatic carbocycles. The van der Waals surface area contributed by atoms with Crippen LogP contribution in [0.5, 0.6) is 0 Å². The Morgan fingerprint density at radius 1 is 1.40 bits per heavy atom. The average Bonchev–Trinajstić information content (AvgIpc) is 2.98. The molecule has 0 aliphatic carbocycles. The fraction of sp³-hybridized carbons (Fsp3) is 0.421. The fourth-order valence-corrected chi connectivity index (χ4v) is 3.65. The maximum absolute atomic E-state index is 13.3. The summed E-state index contributed by atoms with van der Waals surface area (Å²) in [6, 6.07) is 3.81. The lowest BCUT2D eigenvalue weighted by atomic mass is 10.0. The third kappa shape index (κ3) is 3.22. The van der Waals surface area contributed by atoms with Gasteiger partial charge in [-0.25, -0.2) is 0 Å². The normalized spacial score (nSPS) is 17.6. The number of carbonyl (C=O) groups excluding carboxylic acids is 2. The van der Waals surface area contributed by atoms with Gasteiger partial charge in [-0.15, -0.1) is 0 Å². The second-order valence-corrected chi connectivity index (χ2v) is 6.39. The third-order valence-corrected chi connectivity index (χ3v) is 4.78. The number of nitrogens with zero attached hydrogens (tertiary/aromatic N) is 2. The Balaban J connectivity index is 1.99. The number of hydrogen-bond donors (Lipinski definition) is 2. The third-order valence-electron chi connectivity index (χ3n) is 4.78. The predicted molar refractivity (Wildman–Crippen MR) is 95.8 cm³/mol. The zero-order valence-corrected chi connectivity index (χ0v) is 14.9. The number of amides is 1. The van der Waals surface area contributed by atoms with Gasteiger partial charge in [0, 0.05) is 43.3 Å². The lowest BCUT2D eigenvalue weighted by Gasteiger charge is -2.36. The molecule has 2 aromatic heterocycles. The molecule has 1 atom stereocenters. The topological polar surface area (TPSA) is 78.1 Å². The van der Waals surface area contributed by atoms with Gasteiger partial charge >= 0.3 is 0 Å². The van der Waals surface area contributed by atoms with Gasteiger partial charge in [-0.2, -0.15) is 0 Å². The molecule has 1 aliphatic rings. The molecule has 0 spiro atoms. The van der Waals surface area contributed by atoms with Crippen LogP contribution in [0.15, 0.2) is 24.5 Å². The maximum atomic E-state index is 13.3. The molecule has 1 amide bonds. The highest BCUT2D eigenvalue weighted by Crippen LogP contribution is 2.27. The van der Waals surface area contributed by atoms with Crippen LogP contribution in [-0.4, -0.2) is 46.2 Å². The number of piperazine rings is 1. The van der Waals surface area contributed by atoms with Crippen LogP contribution < -0.4 is 5.32 Å². The summed E-state index contributed by atoms with van der Waals surface area (Å²) in [5.41, 5.74) is 3.79. The second-order valence-electron chi connectivity index (χ2n) is 6.39. The van der Waals surface area contributed by atoms with Crippen LogP contribution >= 0.6 is 0 Å². The van der Waals surface area contributed by atoms with Crippen molar-refractivity contribution in [3.8, 4) is 0 Å². The Kier molecular flexibility index (Phi) is 4.99. The van der Waals surface area contributed by atoms with Crippen LogP contribution in [0.1, 0.15) is 57.6 Å². The van der Waals surface area contributed by atoms with Crippen LogP contribution in [0, 0.1) is 6.92 Å². The highest BCUT2D eigenvalue weighted by molar-refractivity contribution is 6.02. The highest BCUT2D eigenvalue weighted by atomic mass is 16.2.